The lowest BCUT2D eigenvalue weighted by atomic mass is 10.3. The average molecular weight is 266 g/mol. The SMILES string of the molecule is CN1CC(Br)=CC=C1Oc1ccccc1. The van der Waals surface area contributed by atoms with Gasteiger partial charge in [0.15, 0.2) is 5.88 Å². The minimum atomic E-state index is 0.846. The van der Waals surface area contributed by atoms with Crippen LogP contribution >= 0.6 is 15.9 Å². The molecule has 1 heterocycles. The predicted molar refractivity (Wildman–Crippen MR) is 64.8 cm³/mol. The van der Waals surface area contributed by atoms with Gasteiger partial charge in [-0.3, -0.25) is 0 Å². The van der Waals surface area contributed by atoms with Gasteiger partial charge in [0.1, 0.15) is 5.75 Å². The third-order valence-corrected chi connectivity index (χ3v) is 2.65. The fourth-order valence-corrected chi connectivity index (χ4v) is 1.88. The van der Waals surface area contributed by atoms with Gasteiger partial charge < -0.3 is 9.64 Å². The van der Waals surface area contributed by atoms with Crippen LogP contribution in [0.15, 0.2) is 52.8 Å². The number of likely N-dealkylation sites (N-methyl/N-ethyl adjacent to an activating group) is 1. The summed E-state index contributed by atoms with van der Waals surface area (Å²) in [6, 6.07) is 9.79. The molecule has 0 aliphatic carbocycles. The Labute approximate surface area is 98.0 Å². The molecule has 0 radical (unpaired) electrons. The number of halogens is 1. The molecule has 0 saturated carbocycles. The van der Waals surface area contributed by atoms with Crippen molar-refractivity contribution in [3.8, 4) is 5.75 Å². The highest BCUT2D eigenvalue weighted by molar-refractivity contribution is 9.11. The van der Waals surface area contributed by atoms with E-state index in [9.17, 15) is 0 Å². The highest BCUT2D eigenvalue weighted by atomic mass is 79.9. The summed E-state index contributed by atoms with van der Waals surface area (Å²) in [5.74, 6) is 1.73. The Morgan fingerprint density at radius 3 is 2.60 bits per heavy atom. The maximum Gasteiger partial charge on any atom is 0.196 e. The Morgan fingerprint density at radius 1 is 1.20 bits per heavy atom. The summed E-state index contributed by atoms with van der Waals surface area (Å²) in [6.07, 6.45) is 3.97. The third-order valence-electron chi connectivity index (χ3n) is 2.14. The summed E-state index contributed by atoms with van der Waals surface area (Å²) >= 11 is 3.46. The molecule has 15 heavy (non-hydrogen) atoms. The van der Waals surface area contributed by atoms with Gasteiger partial charge in [-0.25, -0.2) is 0 Å². The zero-order valence-corrected chi connectivity index (χ0v) is 10.1. The Kier molecular flexibility index (Phi) is 3.11. The largest absolute Gasteiger partial charge is 0.441 e. The fourth-order valence-electron chi connectivity index (χ4n) is 1.37. The van der Waals surface area contributed by atoms with Gasteiger partial charge >= 0.3 is 0 Å². The van der Waals surface area contributed by atoms with Crippen molar-refractivity contribution in [1.82, 2.24) is 4.90 Å². The smallest absolute Gasteiger partial charge is 0.196 e. The third kappa shape index (κ3) is 2.63. The topological polar surface area (TPSA) is 12.5 Å². The monoisotopic (exact) mass is 265 g/mol. The average Bonchev–Trinajstić information content (AvgIpc) is 2.24. The second-order valence-corrected chi connectivity index (χ2v) is 4.41. The van der Waals surface area contributed by atoms with E-state index in [2.05, 4.69) is 20.8 Å². The van der Waals surface area contributed by atoms with Crippen molar-refractivity contribution in [2.24, 2.45) is 0 Å². The molecule has 0 aromatic heterocycles. The second-order valence-electron chi connectivity index (χ2n) is 3.39. The molecule has 1 aliphatic heterocycles. The van der Waals surface area contributed by atoms with E-state index in [1.807, 2.05) is 49.5 Å². The van der Waals surface area contributed by atoms with Crippen molar-refractivity contribution >= 4 is 15.9 Å². The van der Waals surface area contributed by atoms with Gasteiger partial charge in [0, 0.05) is 11.5 Å². The van der Waals surface area contributed by atoms with Crippen molar-refractivity contribution in [1.29, 1.82) is 0 Å². The van der Waals surface area contributed by atoms with E-state index in [0.29, 0.717) is 0 Å². The Hall–Kier alpha value is -1.22. The van der Waals surface area contributed by atoms with E-state index < -0.39 is 0 Å². The molecule has 2 nitrogen and oxygen atoms in total. The molecule has 1 aromatic rings. The minimum absolute atomic E-state index is 0.846. The molecule has 78 valence electrons. The molecular formula is C12H12BrNO. The Morgan fingerprint density at radius 2 is 1.93 bits per heavy atom. The van der Waals surface area contributed by atoms with E-state index >= 15 is 0 Å². The summed E-state index contributed by atoms with van der Waals surface area (Å²) in [4.78, 5) is 2.05. The highest BCUT2D eigenvalue weighted by Gasteiger charge is 2.11. The molecule has 2 rings (SSSR count). The lowest BCUT2D eigenvalue weighted by molar-refractivity contribution is 0.261. The van der Waals surface area contributed by atoms with Crippen molar-refractivity contribution in [2.45, 2.75) is 0 Å². The summed E-state index contributed by atoms with van der Waals surface area (Å²) in [5.41, 5.74) is 0. The van der Waals surface area contributed by atoms with Crippen molar-refractivity contribution in [3.05, 3.63) is 52.8 Å². The molecule has 1 aromatic carbocycles. The van der Waals surface area contributed by atoms with Crippen LogP contribution in [-0.4, -0.2) is 18.5 Å². The van der Waals surface area contributed by atoms with Gasteiger partial charge in [0.25, 0.3) is 0 Å². The molecule has 0 fully saturated rings. The van der Waals surface area contributed by atoms with Crippen LogP contribution in [0.25, 0.3) is 0 Å². The molecule has 0 unspecified atom stereocenters. The van der Waals surface area contributed by atoms with Crippen LogP contribution in [-0.2, 0) is 0 Å². The van der Waals surface area contributed by atoms with E-state index in [4.69, 9.17) is 4.74 Å². The number of para-hydroxylation sites is 1. The number of hydrogen-bond donors (Lipinski definition) is 0. The van der Waals surface area contributed by atoms with Crippen LogP contribution in [0, 0.1) is 0 Å². The summed E-state index contributed by atoms with van der Waals surface area (Å²) < 4.78 is 6.90. The normalized spacial score (nSPS) is 15.7. The van der Waals surface area contributed by atoms with Gasteiger partial charge in [0.2, 0.25) is 0 Å². The van der Waals surface area contributed by atoms with Crippen LogP contribution < -0.4 is 4.74 Å². The molecule has 3 heteroatoms. The first-order chi connectivity index (χ1) is 7.25. The highest BCUT2D eigenvalue weighted by Crippen LogP contribution is 2.20. The fraction of sp³-hybridized carbons (Fsp3) is 0.167. The summed E-state index contributed by atoms with van der Waals surface area (Å²) in [6.45, 7) is 0.846. The molecule has 0 spiro atoms. The first kappa shape index (κ1) is 10.3. The first-order valence-corrected chi connectivity index (χ1v) is 5.55. The standard InChI is InChI=1S/C12H12BrNO/c1-14-9-10(13)7-8-12(14)15-11-5-3-2-4-6-11/h2-8H,9H2,1H3. The summed E-state index contributed by atoms with van der Waals surface area (Å²) in [5, 5.41) is 0. The van der Waals surface area contributed by atoms with Gasteiger partial charge in [-0.1, -0.05) is 34.1 Å². The zero-order valence-electron chi connectivity index (χ0n) is 8.48. The number of hydrogen-bond acceptors (Lipinski definition) is 2. The maximum atomic E-state index is 5.74. The van der Waals surface area contributed by atoms with Crippen LogP contribution in [0.5, 0.6) is 5.75 Å². The summed E-state index contributed by atoms with van der Waals surface area (Å²) in [7, 11) is 2.00. The molecular weight excluding hydrogens is 254 g/mol. The first-order valence-electron chi connectivity index (χ1n) is 4.76. The predicted octanol–water partition coefficient (Wildman–Crippen LogP) is 3.13. The Balaban J connectivity index is 2.13. The van der Waals surface area contributed by atoms with Gasteiger partial charge in [-0.05, 0) is 24.3 Å². The molecule has 0 atom stereocenters. The van der Waals surface area contributed by atoms with E-state index in [1.165, 1.54) is 0 Å². The second kappa shape index (κ2) is 4.53. The minimum Gasteiger partial charge on any atom is -0.441 e. The van der Waals surface area contributed by atoms with E-state index in [0.717, 1.165) is 22.7 Å². The number of benzene rings is 1. The maximum absolute atomic E-state index is 5.74. The van der Waals surface area contributed by atoms with Crippen LogP contribution in [0.3, 0.4) is 0 Å². The van der Waals surface area contributed by atoms with Gasteiger partial charge in [0.05, 0.1) is 6.54 Å². The van der Waals surface area contributed by atoms with Gasteiger partial charge in [-0.2, -0.15) is 0 Å². The number of ether oxygens (including phenoxy) is 1. The molecule has 0 saturated heterocycles. The van der Waals surface area contributed by atoms with E-state index in [-0.39, 0.29) is 0 Å². The Bertz CT molecular complexity index is 397. The van der Waals surface area contributed by atoms with Crippen LogP contribution in [0.1, 0.15) is 0 Å². The number of allylic oxidation sites excluding steroid dienone is 2. The quantitative estimate of drug-likeness (QED) is 0.815. The molecule has 0 N–H and O–H groups in total. The van der Waals surface area contributed by atoms with Crippen LogP contribution in [0.2, 0.25) is 0 Å². The van der Waals surface area contributed by atoms with Crippen molar-refractivity contribution in [2.75, 3.05) is 13.6 Å². The van der Waals surface area contributed by atoms with Crippen molar-refractivity contribution < 1.29 is 4.74 Å². The van der Waals surface area contributed by atoms with Crippen LogP contribution in [0.4, 0.5) is 0 Å². The van der Waals surface area contributed by atoms with Gasteiger partial charge in [-0.15, -0.1) is 0 Å². The number of rotatable bonds is 2. The van der Waals surface area contributed by atoms with Crippen molar-refractivity contribution in [3.63, 3.8) is 0 Å². The van der Waals surface area contributed by atoms with E-state index in [1.54, 1.807) is 0 Å². The lowest BCUT2D eigenvalue weighted by Crippen LogP contribution is -2.24. The molecule has 0 amide bonds. The molecule has 0 bridgehead atoms. The molecule has 1 aliphatic rings. The number of nitrogens with zero attached hydrogens (tertiary/aromatic N) is 1. The zero-order chi connectivity index (χ0) is 10.7. The lowest BCUT2D eigenvalue weighted by Gasteiger charge is -2.24.